The van der Waals surface area contributed by atoms with Crippen molar-refractivity contribution in [1.82, 2.24) is 9.97 Å². The molecule has 0 bridgehead atoms. The van der Waals surface area contributed by atoms with Crippen LogP contribution in [-0.2, 0) is 0 Å². The Morgan fingerprint density at radius 2 is 2.04 bits per heavy atom. The first-order valence-electron chi connectivity index (χ1n) is 8.61. The molecule has 0 saturated heterocycles. The van der Waals surface area contributed by atoms with Crippen LogP contribution in [0.15, 0.2) is 40.5 Å². The van der Waals surface area contributed by atoms with E-state index in [9.17, 15) is 4.79 Å². The standard InChI is InChI=1S/C19H23N3OS/c1-3-4-8-11-20-13(2)17-21-18(23)16-15(12-24-19(16)22-17)14-9-6-5-7-10-14/h5-7,9-10,12-13,20H,3-4,8,11H2,1-2H3,(H,21,22,23)/p+1/t13-/m0/s1. The van der Waals surface area contributed by atoms with Gasteiger partial charge in [-0.25, -0.2) is 4.98 Å². The summed E-state index contributed by atoms with van der Waals surface area (Å²) in [5.41, 5.74) is 1.99. The number of hydrogen-bond donors (Lipinski definition) is 2. The molecule has 24 heavy (non-hydrogen) atoms. The molecule has 0 unspecified atom stereocenters. The van der Waals surface area contributed by atoms with Crippen LogP contribution in [0, 0.1) is 0 Å². The quantitative estimate of drug-likeness (QED) is 0.646. The van der Waals surface area contributed by atoms with E-state index >= 15 is 0 Å². The highest BCUT2D eigenvalue weighted by Crippen LogP contribution is 2.30. The first-order chi connectivity index (χ1) is 11.7. The Morgan fingerprint density at radius 1 is 1.25 bits per heavy atom. The maximum Gasteiger partial charge on any atom is 0.260 e. The Balaban J connectivity index is 1.88. The molecular formula is C19H24N3OS+. The number of benzene rings is 1. The predicted octanol–water partition coefficient (Wildman–Crippen LogP) is 3.47. The molecule has 0 radical (unpaired) electrons. The van der Waals surface area contributed by atoms with E-state index in [1.165, 1.54) is 19.3 Å². The van der Waals surface area contributed by atoms with Gasteiger partial charge in [0.25, 0.3) is 5.56 Å². The van der Waals surface area contributed by atoms with E-state index in [-0.39, 0.29) is 11.6 Å². The van der Waals surface area contributed by atoms with Gasteiger partial charge in [-0.05, 0) is 25.3 Å². The van der Waals surface area contributed by atoms with Gasteiger partial charge in [0.1, 0.15) is 10.9 Å². The second-order valence-corrected chi connectivity index (χ2v) is 7.02. The van der Waals surface area contributed by atoms with Gasteiger partial charge >= 0.3 is 0 Å². The van der Waals surface area contributed by atoms with Crippen LogP contribution in [0.2, 0.25) is 0 Å². The van der Waals surface area contributed by atoms with E-state index in [4.69, 9.17) is 4.98 Å². The van der Waals surface area contributed by atoms with Crippen molar-refractivity contribution in [2.75, 3.05) is 6.54 Å². The Hall–Kier alpha value is -1.98. The number of thiophene rings is 1. The maximum absolute atomic E-state index is 12.6. The summed E-state index contributed by atoms with van der Waals surface area (Å²) in [5.74, 6) is 0.769. The molecule has 126 valence electrons. The van der Waals surface area contributed by atoms with Gasteiger partial charge in [-0.2, -0.15) is 0 Å². The van der Waals surface area contributed by atoms with Crippen LogP contribution < -0.4 is 10.9 Å². The summed E-state index contributed by atoms with van der Waals surface area (Å²) in [5, 5.41) is 4.99. The molecule has 0 spiro atoms. The van der Waals surface area contributed by atoms with Crippen molar-refractivity contribution in [3.05, 3.63) is 51.9 Å². The number of aromatic amines is 1. The van der Waals surface area contributed by atoms with Crippen molar-refractivity contribution in [1.29, 1.82) is 0 Å². The van der Waals surface area contributed by atoms with E-state index in [1.807, 2.05) is 35.7 Å². The largest absolute Gasteiger partial charge is 0.338 e. The third kappa shape index (κ3) is 3.57. The van der Waals surface area contributed by atoms with Crippen LogP contribution in [0.4, 0.5) is 0 Å². The lowest BCUT2D eigenvalue weighted by atomic mass is 10.1. The lowest BCUT2D eigenvalue weighted by Crippen LogP contribution is -2.85. The number of nitrogens with two attached hydrogens (primary N) is 1. The molecule has 4 nitrogen and oxygen atoms in total. The zero-order valence-corrected chi connectivity index (χ0v) is 15.0. The van der Waals surface area contributed by atoms with E-state index in [0.717, 1.165) is 28.3 Å². The number of unbranched alkanes of at least 4 members (excludes halogenated alkanes) is 2. The van der Waals surface area contributed by atoms with Crippen molar-refractivity contribution >= 4 is 21.6 Å². The fraction of sp³-hybridized carbons (Fsp3) is 0.368. The van der Waals surface area contributed by atoms with Crippen molar-refractivity contribution in [3.8, 4) is 11.1 Å². The Bertz CT molecular complexity index is 854. The molecule has 1 aromatic carbocycles. The number of quaternary nitrogens is 1. The van der Waals surface area contributed by atoms with Gasteiger partial charge in [-0.1, -0.05) is 43.7 Å². The lowest BCUT2D eigenvalue weighted by molar-refractivity contribution is -0.694. The average Bonchev–Trinajstić information content (AvgIpc) is 3.04. The number of H-pyrrole nitrogens is 1. The number of nitrogens with one attached hydrogen (secondary N) is 1. The Kier molecular flexibility index (Phi) is 5.43. The van der Waals surface area contributed by atoms with Crippen molar-refractivity contribution < 1.29 is 5.32 Å². The van der Waals surface area contributed by atoms with Crippen molar-refractivity contribution in [2.45, 2.75) is 39.2 Å². The summed E-state index contributed by atoms with van der Waals surface area (Å²) in [6.45, 7) is 5.37. The summed E-state index contributed by atoms with van der Waals surface area (Å²) < 4.78 is 0. The smallest absolute Gasteiger partial charge is 0.260 e. The molecule has 3 aromatic rings. The number of rotatable bonds is 7. The molecule has 0 fully saturated rings. The zero-order chi connectivity index (χ0) is 16.9. The highest BCUT2D eigenvalue weighted by molar-refractivity contribution is 7.17. The molecule has 2 heterocycles. The van der Waals surface area contributed by atoms with E-state index in [0.29, 0.717) is 5.39 Å². The van der Waals surface area contributed by atoms with Crippen LogP contribution in [-0.4, -0.2) is 16.5 Å². The minimum absolute atomic E-state index is 0.0380. The predicted molar refractivity (Wildman–Crippen MR) is 100 cm³/mol. The third-order valence-electron chi connectivity index (χ3n) is 4.31. The molecule has 5 heteroatoms. The topological polar surface area (TPSA) is 62.4 Å². The summed E-state index contributed by atoms with van der Waals surface area (Å²) in [7, 11) is 0. The minimum Gasteiger partial charge on any atom is -0.338 e. The summed E-state index contributed by atoms with van der Waals surface area (Å²) in [6.07, 6.45) is 3.67. The molecule has 0 aliphatic heterocycles. The van der Waals surface area contributed by atoms with E-state index in [2.05, 4.69) is 24.1 Å². The molecule has 3 N–H and O–H groups in total. The number of fused-ring (bicyclic) bond motifs is 1. The zero-order valence-electron chi connectivity index (χ0n) is 14.2. The molecule has 2 aromatic heterocycles. The van der Waals surface area contributed by atoms with Gasteiger partial charge in [0.05, 0.1) is 11.9 Å². The lowest BCUT2D eigenvalue weighted by Gasteiger charge is -2.10. The highest BCUT2D eigenvalue weighted by atomic mass is 32.1. The first-order valence-corrected chi connectivity index (χ1v) is 9.48. The Morgan fingerprint density at radius 3 is 2.79 bits per heavy atom. The number of aromatic nitrogens is 2. The SMILES string of the molecule is CCCCC[NH2+][C@@H](C)c1nc2scc(-c3ccccc3)c2c(=O)[nH]1. The maximum atomic E-state index is 12.6. The van der Waals surface area contributed by atoms with E-state index in [1.54, 1.807) is 11.3 Å². The normalized spacial score (nSPS) is 12.6. The number of hydrogen-bond acceptors (Lipinski definition) is 3. The Labute approximate surface area is 146 Å². The van der Waals surface area contributed by atoms with E-state index < -0.39 is 0 Å². The molecule has 0 amide bonds. The van der Waals surface area contributed by atoms with Crippen LogP contribution >= 0.6 is 11.3 Å². The van der Waals surface area contributed by atoms with Crippen molar-refractivity contribution in [3.63, 3.8) is 0 Å². The second kappa shape index (κ2) is 7.73. The second-order valence-electron chi connectivity index (χ2n) is 6.17. The molecule has 0 aliphatic rings. The summed E-state index contributed by atoms with van der Waals surface area (Å²) in [6, 6.07) is 10.2. The van der Waals surface area contributed by atoms with Gasteiger partial charge in [0, 0.05) is 10.9 Å². The summed E-state index contributed by atoms with van der Waals surface area (Å²) in [4.78, 5) is 21.2. The molecule has 3 rings (SSSR count). The molecule has 1 atom stereocenters. The fourth-order valence-electron chi connectivity index (χ4n) is 2.89. The first kappa shape index (κ1) is 16.9. The minimum atomic E-state index is -0.0380. The van der Waals surface area contributed by atoms with Gasteiger partial charge in [-0.3, -0.25) is 4.79 Å². The monoisotopic (exact) mass is 342 g/mol. The van der Waals surface area contributed by atoms with Crippen molar-refractivity contribution in [2.24, 2.45) is 0 Å². The molecule has 0 aliphatic carbocycles. The van der Waals surface area contributed by atoms with Crippen LogP contribution in [0.3, 0.4) is 0 Å². The van der Waals surface area contributed by atoms with Gasteiger partial charge < -0.3 is 10.3 Å². The van der Waals surface area contributed by atoms with Crippen LogP contribution in [0.5, 0.6) is 0 Å². The van der Waals surface area contributed by atoms with Gasteiger partial charge in [0.15, 0.2) is 5.82 Å². The highest BCUT2D eigenvalue weighted by Gasteiger charge is 2.17. The fourth-order valence-corrected chi connectivity index (χ4v) is 3.84. The third-order valence-corrected chi connectivity index (χ3v) is 5.18. The average molecular weight is 342 g/mol. The van der Waals surface area contributed by atoms with Crippen LogP contribution in [0.25, 0.3) is 21.3 Å². The van der Waals surface area contributed by atoms with Crippen LogP contribution in [0.1, 0.15) is 45.0 Å². The molecule has 0 saturated carbocycles. The van der Waals surface area contributed by atoms with Gasteiger partial charge in [0.2, 0.25) is 0 Å². The molecular weight excluding hydrogens is 318 g/mol. The van der Waals surface area contributed by atoms with Gasteiger partial charge in [-0.15, -0.1) is 11.3 Å². The summed E-state index contributed by atoms with van der Waals surface area (Å²) >= 11 is 1.54. The number of nitrogens with zero attached hydrogens (tertiary/aromatic N) is 1.